The van der Waals surface area contributed by atoms with Crippen LogP contribution in [0, 0.1) is 0 Å². The Morgan fingerprint density at radius 1 is 0.375 bits per heavy atom. The van der Waals surface area contributed by atoms with E-state index in [9.17, 15) is 0 Å². The Morgan fingerprint density at radius 2 is 0.600 bits per heavy atom. The third kappa shape index (κ3) is 8.85. The second-order valence-corrected chi connectivity index (χ2v) is 13.1. The molecule has 0 unspecified atom stereocenters. The van der Waals surface area contributed by atoms with Crippen molar-refractivity contribution in [2.24, 2.45) is 0 Å². The van der Waals surface area contributed by atoms with Crippen molar-refractivity contribution in [2.45, 2.75) is 45.8 Å². The first-order valence-electron chi connectivity index (χ1n) is 13.6. The minimum atomic E-state index is 0.941. The molecule has 0 saturated carbocycles. The van der Waals surface area contributed by atoms with Crippen molar-refractivity contribution in [2.75, 3.05) is 38.1 Å². The molecule has 0 amide bonds. The highest BCUT2D eigenvalue weighted by Crippen LogP contribution is 2.27. The SMILES string of the molecule is CSc1ccccc1CN(CCN(Cc1ccccc1SC)Cc1ccccc1SC)Cc1ccccc1SC. The highest BCUT2D eigenvalue weighted by Gasteiger charge is 2.17. The molecule has 4 aromatic rings. The van der Waals surface area contributed by atoms with Crippen molar-refractivity contribution in [3.8, 4) is 0 Å². The first-order chi connectivity index (χ1) is 19.6. The van der Waals surface area contributed by atoms with Gasteiger partial charge in [0.05, 0.1) is 0 Å². The Kier molecular flexibility index (Phi) is 12.9. The summed E-state index contributed by atoms with van der Waals surface area (Å²) in [5, 5.41) is 0. The van der Waals surface area contributed by atoms with Gasteiger partial charge in [-0.05, 0) is 71.5 Å². The highest BCUT2D eigenvalue weighted by atomic mass is 32.2. The van der Waals surface area contributed by atoms with E-state index in [2.05, 4.69) is 132 Å². The van der Waals surface area contributed by atoms with Crippen molar-refractivity contribution >= 4 is 47.0 Å². The molecule has 0 saturated heterocycles. The molecule has 0 spiro atoms. The van der Waals surface area contributed by atoms with Crippen LogP contribution < -0.4 is 0 Å². The van der Waals surface area contributed by atoms with Gasteiger partial charge in [0.25, 0.3) is 0 Å². The third-order valence-corrected chi connectivity index (χ3v) is 10.4. The number of nitrogens with zero attached hydrogens (tertiary/aromatic N) is 2. The Hall–Kier alpha value is -1.80. The molecule has 0 aliphatic rings. The van der Waals surface area contributed by atoms with Crippen LogP contribution in [0.1, 0.15) is 22.3 Å². The Balaban J connectivity index is 1.61. The van der Waals surface area contributed by atoms with Crippen LogP contribution >= 0.6 is 47.0 Å². The molecule has 0 N–H and O–H groups in total. The zero-order valence-corrected chi connectivity index (χ0v) is 27.3. The molecule has 0 aromatic heterocycles. The first-order valence-corrected chi connectivity index (χ1v) is 18.5. The molecule has 6 heteroatoms. The summed E-state index contributed by atoms with van der Waals surface area (Å²) in [6.45, 7) is 5.75. The number of benzene rings is 4. The fourth-order valence-electron chi connectivity index (χ4n) is 5.01. The van der Waals surface area contributed by atoms with Gasteiger partial charge in [0, 0.05) is 58.9 Å². The maximum Gasteiger partial charge on any atom is 0.0248 e. The molecule has 4 rings (SSSR count). The van der Waals surface area contributed by atoms with Crippen LogP contribution in [0.2, 0.25) is 0 Å². The van der Waals surface area contributed by atoms with Gasteiger partial charge < -0.3 is 0 Å². The van der Waals surface area contributed by atoms with Crippen LogP contribution in [-0.4, -0.2) is 47.9 Å². The minimum Gasteiger partial charge on any atom is -0.293 e. The van der Waals surface area contributed by atoms with Gasteiger partial charge in [0.15, 0.2) is 0 Å². The molecule has 0 aliphatic heterocycles. The monoisotopic (exact) mass is 604 g/mol. The lowest BCUT2D eigenvalue weighted by molar-refractivity contribution is 0.180. The topological polar surface area (TPSA) is 6.48 Å². The molecular weight excluding hydrogens is 565 g/mol. The normalized spacial score (nSPS) is 11.4. The van der Waals surface area contributed by atoms with Gasteiger partial charge in [-0.25, -0.2) is 0 Å². The summed E-state index contributed by atoms with van der Waals surface area (Å²) in [5.41, 5.74) is 5.62. The van der Waals surface area contributed by atoms with Crippen molar-refractivity contribution < 1.29 is 0 Å². The van der Waals surface area contributed by atoms with Gasteiger partial charge in [-0.1, -0.05) is 72.8 Å². The van der Waals surface area contributed by atoms with Crippen molar-refractivity contribution in [1.29, 1.82) is 0 Å². The lowest BCUT2D eigenvalue weighted by Crippen LogP contribution is -2.34. The zero-order valence-electron chi connectivity index (χ0n) is 24.0. The second kappa shape index (κ2) is 16.6. The molecule has 0 atom stereocenters. The van der Waals surface area contributed by atoms with Gasteiger partial charge in [-0.15, -0.1) is 47.0 Å². The molecule has 0 aliphatic carbocycles. The Bertz CT molecular complexity index is 1140. The van der Waals surface area contributed by atoms with Crippen LogP contribution in [0.25, 0.3) is 0 Å². The Morgan fingerprint density at radius 3 is 0.825 bits per heavy atom. The predicted octanol–water partition coefficient (Wildman–Crippen LogP) is 9.28. The third-order valence-electron chi connectivity index (χ3n) is 7.08. The maximum absolute atomic E-state index is 2.64. The summed E-state index contributed by atoms with van der Waals surface area (Å²) in [5.74, 6) is 0. The summed E-state index contributed by atoms with van der Waals surface area (Å²) in [6.07, 6.45) is 8.72. The van der Waals surface area contributed by atoms with Crippen LogP contribution in [-0.2, 0) is 26.2 Å². The van der Waals surface area contributed by atoms with Crippen molar-refractivity contribution in [1.82, 2.24) is 9.80 Å². The average molecular weight is 605 g/mol. The van der Waals surface area contributed by atoms with Gasteiger partial charge in [0.1, 0.15) is 0 Å². The molecule has 0 heterocycles. The smallest absolute Gasteiger partial charge is 0.0248 e. The lowest BCUT2D eigenvalue weighted by Gasteiger charge is -2.30. The van der Waals surface area contributed by atoms with Crippen molar-refractivity contribution in [3.05, 3.63) is 119 Å². The van der Waals surface area contributed by atoms with Crippen molar-refractivity contribution in [3.63, 3.8) is 0 Å². The van der Waals surface area contributed by atoms with E-state index in [0.717, 1.165) is 39.3 Å². The van der Waals surface area contributed by atoms with Gasteiger partial charge in [0.2, 0.25) is 0 Å². The first kappa shape index (κ1) is 31.1. The number of thioether (sulfide) groups is 4. The summed E-state index contributed by atoms with van der Waals surface area (Å²) >= 11 is 7.37. The zero-order chi connectivity index (χ0) is 28.2. The van der Waals surface area contributed by atoms with E-state index in [0.29, 0.717) is 0 Å². The van der Waals surface area contributed by atoms with E-state index in [1.807, 2.05) is 47.0 Å². The maximum atomic E-state index is 2.64. The molecule has 0 radical (unpaired) electrons. The van der Waals surface area contributed by atoms with E-state index in [1.54, 1.807) is 0 Å². The second-order valence-electron chi connectivity index (χ2n) is 9.67. The summed E-state index contributed by atoms with van der Waals surface area (Å²) in [7, 11) is 0. The van der Waals surface area contributed by atoms with Crippen LogP contribution in [0.4, 0.5) is 0 Å². The summed E-state index contributed by atoms with van der Waals surface area (Å²) in [6, 6.07) is 35.5. The van der Waals surface area contributed by atoms with Gasteiger partial charge in [-0.3, -0.25) is 9.80 Å². The fraction of sp³-hybridized carbons (Fsp3) is 0.294. The van der Waals surface area contributed by atoms with E-state index in [4.69, 9.17) is 0 Å². The average Bonchev–Trinajstić information content (AvgIpc) is 3.00. The molecule has 0 bridgehead atoms. The number of hydrogen-bond donors (Lipinski definition) is 0. The molecule has 40 heavy (non-hydrogen) atoms. The van der Waals surface area contributed by atoms with Crippen LogP contribution in [0.5, 0.6) is 0 Å². The predicted molar refractivity (Wildman–Crippen MR) is 181 cm³/mol. The van der Waals surface area contributed by atoms with Gasteiger partial charge >= 0.3 is 0 Å². The molecule has 4 aromatic carbocycles. The minimum absolute atomic E-state index is 0.941. The Labute approximate surface area is 258 Å². The number of hydrogen-bond acceptors (Lipinski definition) is 6. The van der Waals surface area contributed by atoms with E-state index in [1.165, 1.54) is 41.8 Å². The molecule has 2 nitrogen and oxygen atoms in total. The fourth-order valence-corrected chi connectivity index (χ4v) is 7.45. The molecular formula is C34H40N2S4. The molecule has 210 valence electrons. The van der Waals surface area contributed by atoms with E-state index >= 15 is 0 Å². The van der Waals surface area contributed by atoms with E-state index in [-0.39, 0.29) is 0 Å². The lowest BCUT2D eigenvalue weighted by atomic mass is 10.1. The van der Waals surface area contributed by atoms with E-state index < -0.39 is 0 Å². The number of rotatable bonds is 15. The molecule has 0 fully saturated rings. The standard InChI is InChI=1S/C34H40N2S4/c1-37-31-17-9-5-13-27(31)23-35(24-28-14-6-10-18-32(28)38-2)21-22-36(25-29-15-7-11-19-33(29)39-3)26-30-16-8-12-20-34(30)40-4/h5-20H,21-26H2,1-4H3. The highest BCUT2D eigenvalue weighted by molar-refractivity contribution is 7.99. The summed E-state index contributed by atoms with van der Waals surface area (Å²) in [4.78, 5) is 10.7. The summed E-state index contributed by atoms with van der Waals surface area (Å²) < 4.78 is 0. The van der Waals surface area contributed by atoms with Crippen LogP contribution in [0.3, 0.4) is 0 Å². The van der Waals surface area contributed by atoms with Gasteiger partial charge in [-0.2, -0.15) is 0 Å². The van der Waals surface area contributed by atoms with Crippen LogP contribution in [0.15, 0.2) is 117 Å². The largest absolute Gasteiger partial charge is 0.293 e. The quantitative estimate of drug-likeness (QED) is 0.124.